The van der Waals surface area contributed by atoms with Crippen LogP contribution in [0.5, 0.6) is 0 Å². The lowest BCUT2D eigenvalue weighted by Crippen LogP contribution is -2.32. The van der Waals surface area contributed by atoms with Crippen LogP contribution in [0.2, 0.25) is 0 Å². The topological polar surface area (TPSA) is 84.5 Å². The third-order valence-corrected chi connectivity index (χ3v) is 7.08. The number of alkyl carbamates (subject to hydrolysis) is 1. The van der Waals surface area contributed by atoms with Crippen LogP contribution >= 0.6 is 23.1 Å². The molecule has 1 aliphatic rings. The lowest BCUT2D eigenvalue weighted by molar-refractivity contribution is 0.0925. The Bertz CT molecular complexity index is 951. The van der Waals surface area contributed by atoms with E-state index < -0.39 is 12.0 Å². The number of fused-ring (bicyclic) bond motifs is 1. The van der Waals surface area contributed by atoms with E-state index in [9.17, 15) is 14.4 Å². The van der Waals surface area contributed by atoms with Gasteiger partial charge in [0.25, 0.3) is 11.8 Å². The Labute approximate surface area is 191 Å². The number of nitrogens with one attached hydrogen (secondary N) is 2. The second-order valence-electron chi connectivity index (χ2n) is 7.59. The van der Waals surface area contributed by atoms with Crippen molar-refractivity contribution in [3.63, 3.8) is 0 Å². The molecule has 8 heteroatoms. The van der Waals surface area contributed by atoms with E-state index in [4.69, 9.17) is 4.74 Å². The van der Waals surface area contributed by atoms with Crippen molar-refractivity contribution in [1.82, 2.24) is 5.32 Å². The molecule has 3 amide bonds. The van der Waals surface area contributed by atoms with Gasteiger partial charge in [-0.25, -0.2) is 4.79 Å². The highest BCUT2D eigenvalue weighted by atomic mass is 32.2. The summed E-state index contributed by atoms with van der Waals surface area (Å²) >= 11 is 3.16. The summed E-state index contributed by atoms with van der Waals surface area (Å²) in [6.45, 7) is 6.09. The number of carbonyl (C=O) groups excluding carboxylic acids is 3. The molecule has 0 aliphatic heterocycles. The predicted molar refractivity (Wildman–Crippen MR) is 125 cm³/mol. The molecular formula is C23H28N2O4S2. The molecule has 0 unspecified atom stereocenters. The monoisotopic (exact) mass is 460 g/mol. The zero-order valence-electron chi connectivity index (χ0n) is 18.1. The van der Waals surface area contributed by atoms with E-state index in [1.807, 2.05) is 12.1 Å². The molecule has 1 aliphatic carbocycles. The Morgan fingerprint density at radius 3 is 2.45 bits per heavy atom. The molecule has 0 saturated heterocycles. The molecule has 2 aromatic rings. The summed E-state index contributed by atoms with van der Waals surface area (Å²) in [5, 5.41) is 6.14. The number of benzene rings is 1. The number of thioether (sulfide) groups is 1. The first-order valence-corrected chi connectivity index (χ1v) is 12.3. The minimum absolute atomic E-state index is 0.176. The number of rotatable bonds is 6. The Morgan fingerprint density at radius 1 is 1.06 bits per heavy atom. The van der Waals surface area contributed by atoms with Gasteiger partial charge < -0.3 is 10.1 Å². The zero-order valence-corrected chi connectivity index (χ0v) is 19.7. The maximum Gasteiger partial charge on any atom is 0.414 e. The minimum atomic E-state index is -0.781. The SMILES string of the molecule is CCOC(=O)NC(=O)c1c(NC(=O)c2ccc(SC(C)C)cc2)sc2c1CCCCC2. The third-order valence-electron chi connectivity index (χ3n) is 4.85. The first-order valence-electron chi connectivity index (χ1n) is 10.6. The van der Waals surface area contributed by atoms with E-state index in [0.29, 0.717) is 21.4 Å². The summed E-state index contributed by atoms with van der Waals surface area (Å²) in [6, 6.07) is 7.43. The molecule has 0 fully saturated rings. The highest BCUT2D eigenvalue weighted by Crippen LogP contribution is 2.38. The minimum Gasteiger partial charge on any atom is -0.450 e. The summed E-state index contributed by atoms with van der Waals surface area (Å²) in [4.78, 5) is 39.8. The fourth-order valence-corrected chi connectivity index (χ4v) is 5.64. The molecule has 2 N–H and O–H groups in total. The molecule has 0 spiro atoms. The van der Waals surface area contributed by atoms with Gasteiger partial charge in [0.2, 0.25) is 0 Å². The van der Waals surface area contributed by atoms with Crippen LogP contribution < -0.4 is 10.6 Å². The van der Waals surface area contributed by atoms with Crippen LogP contribution in [0.3, 0.4) is 0 Å². The molecule has 1 aromatic heterocycles. The highest BCUT2D eigenvalue weighted by Gasteiger charge is 2.27. The van der Waals surface area contributed by atoms with E-state index in [1.54, 1.807) is 30.8 Å². The fraction of sp³-hybridized carbons (Fsp3) is 0.435. The van der Waals surface area contributed by atoms with Gasteiger partial charge in [0.15, 0.2) is 0 Å². The van der Waals surface area contributed by atoms with E-state index in [0.717, 1.165) is 47.4 Å². The molecule has 0 radical (unpaired) electrons. The molecule has 31 heavy (non-hydrogen) atoms. The van der Waals surface area contributed by atoms with Gasteiger partial charge in [0.1, 0.15) is 5.00 Å². The molecule has 166 valence electrons. The van der Waals surface area contributed by atoms with Crippen molar-refractivity contribution in [2.75, 3.05) is 11.9 Å². The van der Waals surface area contributed by atoms with Gasteiger partial charge in [-0.2, -0.15) is 0 Å². The second-order valence-corrected chi connectivity index (χ2v) is 10.3. The van der Waals surface area contributed by atoms with Crippen molar-refractivity contribution in [1.29, 1.82) is 0 Å². The van der Waals surface area contributed by atoms with Gasteiger partial charge in [-0.1, -0.05) is 20.3 Å². The summed E-state index contributed by atoms with van der Waals surface area (Å²) in [6.07, 6.45) is 3.98. The first kappa shape index (κ1) is 23.3. The van der Waals surface area contributed by atoms with Gasteiger partial charge in [0.05, 0.1) is 12.2 Å². The molecule has 0 bridgehead atoms. The van der Waals surface area contributed by atoms with Crippen molar-refractivity contribution in [2.45, 2.75) is 63.0 Å². The number of hydrogen-bond donors (Lipinski definition) is 2. The average molecular weight is 461 g/mol. The van der Waals surface area contributed by atoms with E-state index in [-0.39, 0.29) is 12.5 Å². The highest BCUT2D eigenvalue weighted by molar-refractivity contribution is 7.99. The smallest absolute Gasteiger partial charge is 0.414 e. The zero-order chi connectivity index (χ0) is 22.4. The number of thiophene rings is 1. The number of hydrogen-bond acceptors (Lipinski definition) is 6. The van der Waals surface area contributed by atoms with E-state index in [2.05, 4.69) is 24.5 Å². The molecule has 0 atom stereocenters. The standard InChI is InChI=1S/C23H28N2O4S2/c1-4-29-23(28)25-21(27)19-17-8-6-5-7-9-18(17)31-22(19)24-20(26)15-10-12-16(13-11-15)30-14(2)3/h10-14H,4-9H2,1-3H3,(H,24,26)(H,25,27,28). The van der Waals surface area contributed by atoms with Crippen LogP contribution in [0.1, 0.15) is 71.2 Å². The van der Waals surface area contributed by atoms with Crippen LogP contribution in [0, 0.1) is 0 Å². The maximum absolute atomic E-state index is 12.9. The van der Waals surface area contributed by atoms with Gasteiger partial charge in [-0.05, 0) is 62.4 Å². The van der Waals surface area contributed by atoms with Crippen molar-refractivity contribution < 1.29 is 19.1 Å². The van der Waals surface area contributed by atoms with Gasteiger partial charge in [-0.15, -0.1) is 23.1 Å². The fourth-order valence-electron chi connectivity index (χ4n) is 3.53. The summed E-state index contributed by atoms with van der Waals surface area (Å²) in [5.74, 6) is -0.806. The van der Waals surface area contributed by atoms with Crippen molar-refractivity contribution in [3.05, 3.63) is 45.8 Å². The normalized spacial score (nSPS) is 13.3. The van der Waals surface area contributed by atoms with Crippen molar-refractivity contribution in [3.8, 4) is 0 Å². The Morgan fingerprint density at radius 2 is 1.77 bits per heavy atom. The van der Waals surface area contributed by atoms with E-state index >= 15 is 0 Å². The van der Waals surface area contributed by atoms with Crippen LogP contribution in [0.25, 0.3) is 0 Å². The van der Waals surface area contributed by atoms with Crippen LogP contribution in [0.4, 0.5) is 9.80 Å². The molecule has 3 rings (SSSR count). The van der Waals surface area contributed by atoms with Crippen LogP contribution in [-0.2, 0) is 17.6 Å². The summed E-state index contributed by atoms with van der Waals surface area (Å²) in [7, 11) is 0. The Hall–Kier alpha value is -2.32. The van der Waals surface area contributed by atoms with Crippen LogP contribution in [-0.4, -0.2) is 29.8 Å². The second kappa shape index (κ2) is 10.8. The van der Waals surface area contributed by atoms with Crippen LogP contribution in [0.15, 0.2) is 29.2 Å². The number of carbonyl (C=O) groups is 3. The summed E-state index contributed by atoms with van der Waals surface area (Å²) < 4.78 is 4.85. The predicted octanol–water partition coefficient (Wildman–Crippen LogP) is 5.66. The molecule has 1 aromatic carbocycles. The number of ether oxygens (including phenoxy) is 1. The average Bonchev–Trinajstić information content (AvgIpc) is 2.88. The number of aryl methyl sites for hydroxylation is 1. The van der Waals surface area contributed by atoms with Gasteiger partial charge in [-0.3, -0.25) is 14.9 Å². The Balaban J connectivity index is 1.85. The molecule has 6 nitrogen and oxygen atoms in total. The Kier molecular flexibility index (Phi) is 8.15. The largest absolute Gasteiger partial charge is 0.450 e. The molecule has 0 saturated carbocycles. The van der Waals surface area contributed by atoms with E-state index in [1.165, 1.54) is 11.3 Å². The summed E-state index contributed by atoms with van der Waals surface area (Å²) in [5.41, 5.74) is 1.84. The number of amides is 3. The third kappa shape index (κ3) is 6.11. The van der Waals surface area contributed by atoms with Crippen molar-refractivity contribution in [2.24, 2.45) is 0 Å². The lowest BCUT2D eigenvalue weighted by atomic mass is 10.0. The quantitative estimate of drug-likeness (QED) is 0.429. The molecular weight excluding hydrogens is 432 g/mol. The number of anilines is 1. The van der Waals surface area contributed by atoms with Gasteiger partial charge in [0, 0.05) is 20.6 Å². The lowest BCUT2D eigenvalue weighted by Gasteiger charge is -2.10. The molecule has 1 heterocycles. The maximum atomic E-state index is 12.9. The number of imide groups is 1. The van der Waals surface area contributed by atoms with Gasteiger partial charge >= 0.3 is 6.09 Å². The first-order chi connectivity index (χ1) is 14.9. The van der Waals surface area contributed by atoms with Crippen molar-refractivity contribution >= 4 is 46.0 Å².